The highest BCUT2D eigenvalue weighted by atomic mass is 35.5. The van der Waals surface area contributed by atoms with Crippen molar-refractivity contribution in [3.8, 4) is 0 Å². The second-order valence-electron chi connectivity index (χ2n) is 4.68. The Balaban J connectivity index is 1.92. The zero-order chi connectivity index (χ0) is 14.5. The predicted octanol–water partition coefficient (Wildman–Crippen LogP) is 3.48. The summed E-state index contributed by atoms with van der Waals surface area (Å²) in [5.41, 5.74) is 1.52. The van der Waals surface area contributed by atoms with E-state index in [1.807, 2.05) is 0 Å². The molecule has 0 saturated carbocycles. The molecule has 0 aliphatic heterocycles. The third-order valence-corrected chi connectivity index (χ3v) is 3.58. The van der Waals surface area contributed by atoms with Crippen molar-refractivity contribution in [2.75, 3.05) is 6.54 Å². The maximum atomic E-state index is 11.9. The van der Waals surface area contributed by atoms with Crippen molar-refractivity contribution in [3.05, 3.63) is 50.5 Å². The summed E-state index contributed by atoms with van der Waals surface area (Å²) in [5.74, 6) is -0.264. The Bertz CT molecular complexity index is 570. The molecule has 1 aliphatic rings. The lowest BCUT2D eigenvalue weighted by Crippen LogP contribution is -2.24. The molecule has 0 aromatic heterocycles. The molecule has 0 unspecified atom stereocenters. The molecule has 0 heterocycles. The van der Waals surface area contributed by atoms with Crippen LogP contribution in [0, 0.1) is 10.1 Å². The molecule has 1 amide bonds. The van der Waals surface area contributed by atoms with E-state index >= 15 is 0 Å². The van der Waals surface area contributed by atoms with E-state index in [0.717, 1.165) is 19.3 Å². The first kappa shape index (κ1) is 14.5. The number of rotatable bonds is 5. The molecule has 0 atom stereocenters. The molecule has 0 radical (unpaired) electrons. The maximum absolute atomic E-state index is 11.9. The van der Waals surface area contributed by atoms with Gasteiger partial charge in [-0.2, -0.15) is 0 Å². The van der Waals surface area contributed by atoms with E-state index in [2.05, 4.69) is 11.4 Å². The number of allylic oxidation sites excluding steroid dienone is 1. The molecular weight excluding hydrogens is 280 g/mol. The van der Waals surface area contributed by atoms with Gasteiger partial charge in [-0.05, 0) is 37.8 Å². The van der Waals surface area contributed by atoms with Crippen LogP contribution in [0.15, 0.2) is 29.8 Å². The normalized spacial score (nSPS) is 13.9. The van der Waals surface area contributed by atoms with Crippen molar-refractivity contribution in [2.24, 2.45) is 0 Å². The Hall–Kier alpha value is -1.88. The number of carbonyl (C=O) groups excluding carboxylic acids is 1. The fourth-order valence-corrected chi connectivity index (χ4v) is 2.45. The van der Waals surface area contributed by atoms with Crippen molar-refractivity contribution >= 4 is 23.2 Å². The summed E-state index contributed by atoms with van der Waals surface area (Å²) in [6.45, 7) is 0.569. The van der Waals surface area contributed by atoms with Crippen LogP contribution in [0.1, 0.15) is 36.0 Å². The fraction of sp³-hybridized carbons (Fsp3) is 0.357. The van der Waals surface area contributed by atoms with Crippen molar-refractivity contribution in [2.45, 2.75) is 25.7 Å². The quantitative estimate of drug-likeness (QED) is 0.513. The number of carbonyl (C=O) groups is 1. The van der Waals surface area contributed by atoms with Gasteiger partial charge in [0, 0.05) is 18.2 Å². The van der Waals surface area contributed by atoms with Crippen LogP contribution in [0.3, 0.4) is 0 Å². The molecule has 1 aromatic carbocycles. The van der Waals surface area contributed by atoms with Crippen LogP contribution in [-0.4, -0.2) is 17.4 Å². The highest BCUT2D eigenvalue weighted by Crippen LogP contribution is 2.25. The van der Waals surface area contributed by atoms with E-state index in [0.29, 0.717) is 12.1 Å². The smallest absolute Gasteiger partial charge is 0.287 e. The van der Waals surface area contributed by atoms with Gasteiger partial charge in [0.05, 0.1) is 4.92 Å². The number of amides is 1. The molecule has 20 heavy (non-hydrogen) atoms. The lowest BCUT2D eigenvalue weighted by molar-refractivity contribution is -0.384. The first-order chi connectivity index (χ1) is 9.58. The number of nitro groups is 1. The van der Waals surface area contributed by atoms with E-state index in [-0.39, 0.29) is 16.6 Å². The Morgan fingerprint density at radius 3 is 2.85 bits per heavy atom. The summed E-state index contributed by atoms with van der Waals surface area (Å²) in [6.07, 6.45) is 6.50. The number of nitrogens with zero attached hydrogens (tertiary/aromatic N) is 1. The van der Waals surface area contributed by atoms with E-state index in [1.54, 1.807) is 0 Å². The lowest BCUT2D eigenvalue weighted by Gasteiger charge is -2.06. The Labute approximate surface area is 121 Å². The number of halogens is 1. The van der Waals surface area contributed by atoms with Gasteiger partial charge in [0.15, 0.2) is 0 Å². The first-order valence-electron chi connectivity index (χ1n) is 6.48. The molecule has 6 heteroatoms. The number of nitro benzene ring substituents is 1. The number of hydrogen-bond donors (Lipinski definition) is 1. The SMILES string of the molecule is O=C(NCCC1=CCCC1)c1ccc([N+](=O)[O-])c(Cl)c1. The van der Waals surface area contributed by atoms with Gasteiger partial charge in [-0.15, -0.1) is 0 Å². The van der Waals surface area contributed by atoms with Crippen molar-refractivity contribution in [3.63, 3.8) is 0 Å². The summed E-state index contributed by atoms with van der Waals surface area (Å²) in [7, 11) is 0. The largest absolute Gasteiger partial charge is 0.352 e. The van der Waals surface area contributed by atoms with Crippen LogP contribution in [0.2, 0.25) is 5.02 Å². The number of nitrogens with one attached hydrogen (secondary N) is 1. The van der Waals surface area contributed by atoms with Gasteiger partial charge in [0.2, 0.25) is 0 Å². The van der Waals surface area contributed by atoms with E-state index in [4.69, 9.17) is 11.6 Å². The van der Waals surface area contributed by atoms with Gasteiger partial charge < -0.3 is 5.32 Å². The molecule has 0 bridgehead atoms. The van der Waals surface area contributed by atoms with E-state index < -0.39 is 4.92 Å². The minimum atomic E-state index is -0.573. The highest BCUT2D eigenvalue weighted by Gasteiger charge is 2.15. The first-order valence-corrected chi connectivity index (χ1v) is 6.86. The average molecular weight is 295 g/mol. The Kier molecular flexibility index (Phi) is 4.74. The molecule has 106 valence electrons. The van der Waals surface area contributed by atoms with Gasteiger partial charge >= 0.3 is 0 Å². The lowest BCUT2D eigenvalue weighted by atomic mass is 10.1. The molecule has 1 N–H and O–H groups in total. The van der Waals surface area contributed by atoms with E-state index in [1.165, 1.54) is 30.2 Å². The molecule has 2 rings (SSSR count). The second kappa shape index (κ2) is 6.52. The van der Waals surface area contributed by atoms with Crippen molar-refractivity contribution in [1.29, 1.82) is 0 Å². The van der Waals surface area contributed by atoms with Gasteiger partial charge in [0.1, 0.15) is 5.02 Å². The third kappa shape index (κ3) is 3.57. The molecule has 0 saturated heterocycles. The maximum Gasteiger partial charge on any atom is 0.287 e. The van der Waals surface area contributed by atoms with Crippen LogP contribution in [-0.2, 0) is 0 Å². The molecule has 1 aliphatic carbocycles. The van der Waals surface area contributed by atoms with Crippen molar-refractivity contribution < 1.29 is 9.72 Å². The number of hydrogen-bond acceptors (Lipinski definition) is 3. The summed E-state index contributed by atoms with van der Waals surface area (Å²) in [5, 5.41) is 13.4. The standard InChI is InChI=1S/C14H15ClN2O3/c15-12-9-11(5-6-13(12)17(19)20)14(18)16-8-7-10-3-1-2-4-10/h3,5-6,9H,1-2,4,7-8H2,(H,16,18). The highest BCUT2D eigenvalue weighted by molar-refractivity contribution is 6.33. The molecule has 1 aromatic rings. The summed E-state index contributed by atoms with van der Waals surface area (Å²) >= 11 is 5.78. The predicted molar refractivity (Wildman–Crippen MR) is 77.0 cm³/mol. The van der Waals surface area contributed by atoms with Crippen LogP contribution in [0.5, 0.6) is 0 Å². The fourth-order valence-electron chi connectivity index (χ4n) is 2.20. The number of benzene rings is 1. The third-order valence-electron chi connectivity index (χ3n) is 3.27. The second-order valence-corrected chi connectivity index (χ2v) is 5.09. The van der Waals surface area contributed by atoms with Crippen LogP contribution in [0.25, 0.3) is 0 Å². The Morgan fingerprint density at radius 2 is 2.25 bits per heavy atom. The monoisotopic (exact) mass is 294 g/mol. The zero-order valence-electron chi connectivity index (χ0n) is 10.9. The van der Waals surface area contributed by atoms with Gasteiger partial charge in [-0.3, -0.25) is 14.9 Å². The Morgan fingerprint density at radius 1 is 1.45 bits per heavy atom. The van der Waals surface area contributed by atoms with Crippen LogP contribution >= 0.6 is 11.6 Å². The minimum Gasteiger partial charge on any atom is -0.352 e. The van der Waals surface area contributed by atoms with Crippen molar-refractivity contribution in [1.82, 2.24) is 5.32 Å². The van der Waals surface area contributed by atoms with Crippen LogP contribution < -0.4 is 5.32 Å². The van der Waals surface area contributed by atoms with Gasteiger partial charge in [-0.25, -0.2) is 0 Å². The van der Waals surface area contributed by atoms with E-state index in [9.17, 15) is 14.9 Å². The zero-order valence-corrected chi connectivity index (χ0v) is 11.7. The van der Waals surface area contributed by atoms with Gasteiger partial charge in [-0.1, -0.05) is 23.3 Å². The molecule has 0 spiro atoms. The minimum absolute atomic E-state index is 0.0267. The van der Waals surface area contributed by atoms with Gasteiger partial charge in [0.25, 0.3) is 11.6 Å². The topological polar surface area (TPSA) is 72.2 Å². The molecule has 5 nitrogen and oxygen atoms in total. The summed E-state index contributed by atoms with van der Waals surface area (Å²) < 4.78 is 0. The summed E-state index contributed by atoms with van der Waals surface area (Å²) in [6, 6.07) is 3.98. The van der Waals surface area contributed by atoms with Crippen LogP contribution in [0.4, 0.5) is 5.69 Å². The molecular formula is C14H15ClN2O3. The average Bonchev–Trinajstić information content (AvgIpc) is 2.91. The summed E-state index contributed by atoms with van der Waals surface area (Å²) in [4.78, 5) is 22.0. The molecule has 0 fully saturated rings.